The lowest BCUT2D eigenvalue weighted by atomic mass is 9.96. The maximum absolute atomic E-state index is 12.7. The van der Waals surface area contributed by atoms with E-state index in [0.717, 1.165) is 48.1 Å². The molecular formula is C20H22N2O3S2. The number of hydrogen-bond acceptors (Lipinski definition) is 4. The highest BCUT2D eigenvalue weighted by Gasteiger charge is 2.22. The van der Waals surface area contributed by atoms with E-state index >= 15 is 0 Å². The smallest absolute Gasteiger partial charge is 0.294 e. The van der Waals surface area contributed by atoms with Crippen LogP contribution in [0.15, 0.2) is 58.2 Å². The van der Waals surface area contributed by atoms with E-state index in [2.05, 4.69) is 4.72 Å². The first-order valence-corrected chi connectivity index (χ1v) is 11.5. The highest BCUT2D eigenvalue weighted by atomic mass is 32.2. The van der Waals surface area contributed by atoms with Crippen LogP contribution in [0.1, 0.15) is 37.7 Å². The number of benzene rings is 2. The summed E-state index contributed by atoms with van der Waals surface area (Å²) in [5.41, 5.74) is 1.81. The van der Waals surface area contributed by atoms with E-state index in [0.29, 0.717) is 11.2 Å². The van der Waals surface area contributed by atoms with Crippen molar-refractivity contribution < 1.29 is 8.42 Å². The summed E-state index contributed by atoms with van der Waals surface area (Å²) < 4.78 is 30.7. The second kappa shape index (κ2) is 7.58. The number of fused-ring (bicyclic) bond motifs is 1. The molecule has 1 saturated carbocycles. The van der Waals surface area contributed by atoms with Gasteiger partial charge in [0.2, 0.25) is 10.0 Å². The van der Waals surface area contributed by atoms with Crippen molar-refractivity contribution in [3.63, 3.8) is 0 Å². The largest absolute Gasteiger partial charge is 0.308 e. The van der Waals surface area contributed by atoms with Gasteiger partial charge in [0.15, 0.2) is 0 Å². The van der Waals surface area contributed by atoms with Crippen LogP contribution in [0.5, 0.6) is 0 Å². The fourth-order valence-electron chi connectivity index (χ4n) is 3.64. The summed E-state index contributed by atoms with van der Waals surface area (Å²) in [6.07, 6.45) is 5.09. The Kier molecular flexibility index (Phi) is 5.16. The van der Waals surface area contributed by atoms with Crippen molar-refractivity contribution in [2.45, 2.75) is 49.6 Å². The summed E-state index contributed by atoms with van der Waals surface area (Å²) in [6, 6.07) is 14.7. The molecule has 2 aromatic carbocycles. The molecule has 1 aromatic heterocycles. The van der Waals surface area contributed by atoms with Gasteiger partial charge in [-0.25, -0.2) is 13.1 Å². The van der Waals surface area contributed by atoms with Crippen LogP contribution in [0.4, 0.5) is 0 Å². The second-order valence-corrected chi connectivity index (χ2v) is 9.73. The van der Waals surface area contributed by atoms with Gasteiger partial charge in [0, 0.05) is 6.04 Å². The van der Waals surface area contributed by atoms with Gasteiger partial charge in [0.05, 0.1) is 21.7 Å². The van der Waals surface area contributed by atoms with Gasteiger partial charge in [0.1, 0.15) is 0 Å². The van der Waals surface area contributed by atoms with Crippen LogP contribution in [-0.4, -0.2) is 19.0 Å². The normalized spacial score (nSPS) is 16.0. The molecular weight excluding hydrogens is 380 g/mol. The summed E-state index contributed by atoms with van der Waals surface area (Å²) in [7, 11) is -3.57. The monoisotopic (exact) mass is 402 g/mol. The number of thiazole rings is 1. The SMILES string of the molecule is O=c1sc2cc(S(=O)(=O)NC3CCCCC3)ccc2n1Cc1ccccc1. The number of aromatic nitrogens is 1. The fraction of sp³-hybridized carbons (Fsp3) is 0.350. The maximum atomic E-state index is 12.7. The van der Waals surface area contributed by atoms with E-state index in [-0.39, 0.29) is 15.8 Å². The van der Waals surface area contributed by atoms with Crippen LogP contribution in [0.3, 0.4) is 0 Å². The van der Waals surface area contributed by atoms with Crippen LogP contribution < -0.4 is 9.60 Å². The van der Waals surface area contributed by atoms with Gasteiger partial charge in [-0.15, -0.1) is 0 Å². The Morgan fingerprint density at radius 1 is 1.04 bits per heavy atom. The van der Waals surface area contributed by atoms with E-state index in [1.165, 1.54) is 6.42 Å². The van der Waals surface area contributed by atoms with Crippen molar-refractivity contribution >= 4 is 31.6 Å². The minimum Gasteiger partial charge on any atom is -0.294 e. The summed E-state index contributed by atoms with van der Waals surface area (Å²) in [5, 5.41) is 0. The van der Waals surface area contributed by atoms with Crippen molar-refractivity contribution in [3.8, 4) is 0 Å². The molecule has 0 bridgehead atoms. The first kappa shape index (κ1) is 18.4. The molecule has 1 heterocycles. The van der Waals surface area contributed by atoms with Crippen LogP contribution in [0.25, 0.3) is 10.2 Å². The molecule has 5 nitrogen and oxygen atoms in total. The Balaban J connectivity index is 1.64. The first-order chi connectivity index (χ1) is 13.0. The average Bonchev–Trinajstić information content (AvgIpc) is 2.98. The van der Waals surface area contributed by atoms with Crippen molar-refractivity contribution in [1.29, 1.82) is 0 Å². The van der Waals surface area contributed by atoms with E-state index in [4.69, 9.17) is 0 Å². The fourth-order valence-corrected chi connectivity index (χ4v) is 5.97. The molecule has 7 heteroatoms. The molecule has 0 amide bonds. The molecule has 3 aromatic rings. The van der Waals surface area contributed by atoms with Gasteiger partial charge in [-0.3, -0.25) is 9.36 Å². The average molecular weight is 403 g/mol. The third-order valence-electron chi connectivity index (χ3n) is 5.06. The Hall–Kier alpha value is -1.96. The van der Waals surface area contributed by atoms with Crippen LogP contribution in [0, 0.1) is 0 Å². The summed E-state index contributed by atoms with van der Waals surface area (Å²) in [5.74, 6) is 0. The predicted octanol–water partition coefficient (Wildman–Crippen LogP) is 3.72. The van der Waals surface area contributed by atoms with Crippen molar-refractivity contribution in [3.05, 3.63) is 63.8 Å². The van der Waals surface area contributed by atoms with Gasteiger partial charge in [0.25, 0.3) is 0 Å². The minimum atomic E-state index is -3.57. The Morgan fingerprint density at radius 3 is 2.52 bits per heavy atom. The number of hydrogen-bond donors (Lipinski definition) is 1. The molecule has 142 valence electrons. The lowest BCUT2D eigenvalue weighted by Gasteiger charge is -2.22. The van der Waals surface area contributed by atoms with Gasteiger partial charge >= 0.3 is 4.87 Å². The summed E-state index contributed by atoms with van der Waals surface area (Å²) in [4.78, 5) is 12.6. The minimum absolute atomic E-state index is 0.0147. The molecule has 1 aliphatic carbocycles. The Morgan fingerprint density at radius 2 is 1.78 bits per heavy atom. The maximum Gasteiger partial charge on any atom is 0.308 e. The van der Waals surface area contributed by atoms with E-state index < -0.39 is 10.0 Å². The lowest BCUT2D eigenvalue weighted by molar-refractivity contribution is 0.412. The standard InChI is InChI=1S/C20H22N2O3S2/c23-20-22(14-15-7-3-1-4-8-15)18-12-11-17(13-19(18)26-20)27(24,25)21-16-9-5-2-6-10-16/h1,3-4,7-8,11-13,16,21H,2,5-6,9-10,14H2. The zero-order valence-electron chi connectivity index (χ0n) is 14.9. The van der Waals surface area contributed by atoms with Crippen molar-refractivity contribution in [2.75, 3.05) is 0 Å². The third kappa shape index (κ3) is 4.00. The Bertz CT molecular complexity index is 1100. The zero-order chi connectivity index (χ0) is 18.9. The molecule has 1 N–H and O–H groups in total. The number of nitrogens with zero attached hydrogens (tertiary/aromatic N) is 1. The molecule has 0 atom stereocenters. The first-order valence-electron chi connectivity index (χ1n) is 9.22. The predicted molar refractivity (Wildman–Crippen MR) is 109 cm³/mol. The number of nitrogens with one attached hydrogen (secondary N) is 1. The highest BCUT2D eigenvalue weighted by Crippen LogP contribution is 2.24. The quantitative estimate of drug-likeness (QED) is 0.707. The van der Waals surface area contributed by atoms with E-state index in [9.17, 15) is 13.2 Å². The molecule has 1 fully saturated rings. The zero-order valence-corrected chi connectivity index (χ0v) is 16.6. The molecule has 0 aliphatic heterocycles. The molecule has 0 radical (unpaired) electrons. The second-order valence-electron chi connectivity index (χ2n) is 7.03. The van der Waals surface area contributed by atoms with E-state index in [1.807, 2.05) is 30.3 Å². The van der Waals surface area contributed by atoms with Crippen molar-refractivity contribution in [2.24, 2.45) is 0 Å². The topological polar surface area (TPSA) is 68.2 Å². The van der Waals surface area contributed by atoms with Crippen LogP contribution in [0.2, 0.25) is 0 Å². The molecule has 0 spiro atoms. The van der Waals surface area contributed by atoms with Crippen LogP contribution in [-0.2, 0) is 16.6 Å². The summed E-state index contributed by atoms with van der Waals surface area (Å²) >= 11 is 1.09. The van der Waals surface area contributed by atoms with Gasteiger partial charge in [-0.1, -0.05) is 60.9 Å². The van der Waals surface area contributed by atoms with Crippen molar-refractivity contribution in [1.82, 2.24) is 9.29 Å². The van der Waals surface area contributed by atoms with Gasteiger partial charge < -0.3 is 0 Å². The highest BCUT2D eigenvalue weighted by molar-refractivity contribution is 7.89. The third-order valence-corrected chi connectivity index (χ3v) is 7.52. The lowest BCUT2D eigenvalue weighted by Crippen LogP contribution is -2.36. The molecule has 0 saturated heterocycles. The molecule has 4 rings (SSSR count). The Labute approximate surface area is 162 Å². The summed E-state index contributed by atoms with van der Waals surface area (Å²) in [6.45, 7) is 0.478. The number of sulfonamides is 1. The number of rotatable bonds is 5. The van der Waals surface area contributed by atoms with E-state index in [1.54, 1.807) is 22.8 Å². The van der Waals surface area contributed by atoms with Crippen LogP contribution >= 0.6 is 11.3 Å². The van der Waals surface area contributed by atoms with Gasteiger partial charge in [-0.2, -0.15) is 0 Å². The van der Waals surface area contributed by atoms with Gasteiger partial charge in [-0.05, 0) is 36.6 Å². The molecule has 1 aliphatic rings. The molecule has 0 unspecified atom stereocenters. The molecule has 27 heavy (non-hydrogen) atoms.